The van der Waals surface area contributed by atoms with E-state index in [9.17, 15) is 18.0 Å². The zero-order valence-electron chi connectivity index (χ0n) is 15.1. The molecule has 0 aliphatic rings. The van der Waals surface area contributed by atoms with Gasteiger partial charge in [0.1, 0.15) is 5.75 Å². The fourth-order valence-electron chi connectivity index (χ4n) is 2.49. The molecule has 0 spiro atoms. The fourth-order valence-corrected chi connectivity index (χ4v) is 5.05. The van der Waals surface area contributed by atoms with Crippen molar-refractivity contribution in [3.05, 3.63) is 57.5 Å². The van der Waals surface area contributed by atoms with Crippen LogP contribution in [-0.4, -0.2) is 25.9 Å². The first kappa shape index (κ1) is 20.6. The summed E-state index contributed by atoms with van der Waals surface area (Å²) in [5, 5.41) is 13.4. The van der Waals surface area contributed by atoms with Gasteiger partial charge in [0.15, 0.2) is 9.30 Å². The van der Waals surface area contributed by atoms with Gasteiger partial charge in [-0.3, -0.25) is 9.20 Å². The van der Waals surface area contributed by atoms with Gasteiger partial charge < -0.3 is 10.1 Å². The zero-order chi connectivity index (χ0) is 21.3. The summed E-state index contributed by atoms with van der Waals surface area (Å²) in [6, 6.07) is 6.82. The number of halogens is 3. The summed E-state index contributed by atoms with van der Waals surface area (Å²) in [5.41, 5.74) is 1.93. The molecule has 0 amide bonds. The highest BCUT2D eigenvalue weighted by molar-refractivity contribution is 8.00. The lowest BCUT2D eigenvalue weighted by atomic mass is 10.3. The first-order chi connectivity index (χ1) is 14.3. The molecule has 0 radical (unpaired) electrons. The minimum absolute atomic E-state index is 0.119. The van der Waals surface area contributed by atoms with Gasteiger partial charge in [-0.1, -0.05) is 23.1 Å². The molecule has 1 N–H and O–H groups in total. The Labute approximate surface area is 179 Å². The molecule has 4 aromatic rings. The van der Waals surface area contributed by atoms with Gasteiger partial charge in [0.05, 0.1) is 5.69 Å². The lowest BCUT2D eigenvalue weighted by Gasteiger charge is -2.09. The topological polar surface area (TPSA) is 81.4 Å². The summed E-state index contributed by atoms with van der Waals surface area (Å²) in [6.07, 6.45) is -4.73. The average Bonchev–Trinajstić information content (AvgIpc) is 3.27. The Morgan fingerprint density at radius 3 is 2.73 bits per heavy atom. The van der Waals surface area contributed by atoms with E-state index >= 15 is 0 Å². The van der Waals surface area contributed by atoms with Gasteiger partial charge in [-0.2, -0.15) is 0 Å². The highest BCUT2D eigenvalue weighted by atomic mass is 32.2. The molecule has 7 nitrogen and oxygen atoms in total. The number of hydrogen-bond acceptors (Lipinski definition) is 9. The number of hydrogen-bond donors (Lipinski definition) is 1. The van der Waals surface area contributed by atoms with Crippen molar-refractivity contribution in [1.82, 2.24) is 19.6 Å². The van der Waals surface area contributed by atoms with E-state index in [4.69, 9.17) is 0 Å². The number of aromatic nitrogens is 4. The van der Waals surface area contributed by atoms with Crippen LogP contribution in [0.2, 0.25) is 0 Å². The van der Waals surface area contributed by atoms with Gasteiger partial charge in [0.2, 0.25) is 5.13 Å². The second kappa shape index (κ2) is 8.24. The number of nitrogens with one attached hydrogen (secondary N) is 1. The van der Waals surface area contributed by atoms with Crippen molar-refractivity contribution in [2.24, 2.45) is 0 Å². The van der Waals surface area contributed by atoms with Crippen molar-refractivity contribution in [3.63, 3.8) is 0 Å². The molecule has 0 atom stereocenters. The van der Waals surface area contributed by atoms with E-state index in [-0.39, 0.29) is 11.3 Å². The van der Waals surface area contributed by atoms with Crippen LogP contribution < -0.4 is 15.6 Å². The minimum atomic E-state index is -4.73. The Hall–Kier alpha value is -2.64. The number of rotatable bonds is 6. The molecular weight excluding hydrogens is 459 g/mol. The molecule has 0 saturated heterocycles. The maximum Gasteiger partial charge on any atom is 0.573 e. The third kappa shape index (κ3) is 4.91. The van der Waals surface area contributed by atoms with Gasteiger partial charge in [-0.15, -0.1) is 34.7 Å². The Morgan fingerprint density at radius 2 is 2.00 bits per heavy atom. The van der Waals surface area contributed by atoms with Gasteiger partial charge in [0, 0.05) is 28.6 Å². The largest absolute Gasteiger partial charge is 0.573 e. The van der Waals surface area contributed by atoms with Gasteiger partial charge >= 0.3 is 6.36 Å². The number of anilines is 2. The van der Waals surface area contributed by atoms with E-state index in [1.54, 1.807) is 4.40 Å². The number of aryl methyl sites for hydroxylation is 1. The molecule has 0 aliphatic heterocycles. The quantitative estimate of drug-likeness (QED) is 0.403. The molecule has 156 valence electrons. The van der Waals surface area contributed by atoms with Crippen LogP contribution in [0.4, 0.5) is 24.0 Å². The number of nitrogens with zero attached hydrogens (tertiary/aromatic N) is 4. The normalized spacial score (nSPS) is 11.7. The van der Waals surface area contributed by atoms with E-state index in [2.05, 4.69) is 25.2 Å². The zero-order valence-corrected chi connectivity index (χ0v) is 17.6. The molecule has 0 fully saturated rings. The summed E-state index contributed by atoms with van der Waals surface area (Å²) in [6.45, 7) is 1.85. The van der Waals surface area contributed by atoms with Crippen LogP contribution in [0.5, 0.6) is 5.75 Å². The number of fused-ring (bicyclic) bond motifs is 1. The molecule has 30 heavy (non-hydrogen) atoms. The summed E-state index contributed by atoms with van der Waals surface area (Å²) in [5.74, 6) is 0.156. The predicted octanol–water partition coefficient (Wildman–Crippen LogP) is 4.85. The summed E-state index contributed by atoms with van der Waals surface area (Å²) < 4.78 is 42.7. The monoisotopic (exact) mass is 471 g/mol. The maximum absolute atomic E-state index is 12.2. The second-order valence-electron chi connectivity index (χ2n) is 5.94. The van der Waals surface area contributed by atoms with Crippen LogP contribution in [0, 0.1) is 6.92 Å². The van der Waals surface area contributed by atoms with Crippen LogP contribution in [0.15, 0.2) is 44.8 Å². The van der Waals surface area contributed by atoms with Crippen molar-refractivity contribution in [2.45, 2.75) is 23.4 Å². The first-order valence-corrected chi connectivity index (χ1v) is 11.0. The Kier molecular flexibility index (Phi) is 5.66. The van der Waals surface area contributed by atoms with E-state index in [1.807, 2.05) is 12.3 Å². The molecule has 0 unspecified atom stereocenters. The molecule has 3 heterocycles. The molecular formula is C17H12F3N5O2S3. The SMILES string of the molecule is Cc1csc2nc(CSc3nnc(Nc4ccc(OC(F)(F)F)cc4)s3)cc(=O)n12. The molecule has 0 bridgehead atoms. The van der Waals surface area contributed by atoms with E-state index in [0.29, 0.717) is 31.6 Å². The van der Waals surface area contributed by atoms with Crippen LogP contribution in [0.3, 0.4) is 0 Å². The number of thiazole rings is 1. The lowest BCUT2D eigenvalue weighted by molar-refractivity contribution is -0.274. The van der Waals surface area contributed by atoms with Crippen molar-refractivity contribution in [1.29, 1.82) is 0 Å². The van der Waals surface area contributed by atoms with Crippen LogP contribution in [0.1, 0.15) is 11.4 Å². The highest BCUT2D eigenvalue weighted by Gasteiger charge is 2.30. The van der Waals surface area contributed by atoms with Crippen LogP contribution in [-0.2, 0) is 5.75 Å². The molecule has 4 rings (SSSR count). The van der Waals surface area contributed by atoms with Gasteiger partial charge in [-0.25, -0.2) is 4.98 Å². The Morgan fingerprint density at radius 1 is 1.23 bits per heavy atom. The second-order valence-corrected chi connectivity index (χ2v) is 8.98. The van der Waals surface area contributed by atoms with Crippen molar-refractivity contribution >= 4 is 50.2 Å². The minimum Gasteiger partial charge on any atom is -0.406 e. The first-order valence-electron chi connectivity index (χ1n) is 8.33. The number of benzene rings is 1. The van der Waals surface area contributed by atoms with Crippen molar-refractivity contribution in [3.8, 4) is 5.75 Å². The Bertz CT molecular complexity index is 1230. The molecule has 0 saturated carbocycles. The van der Waals surface area contributed by atoms with Crippen LogP contribution in [0.25, 0.3) is 4.96 Å². The number of ether oxygens (including phenoxy) is 1. The summed E-state index contributed by atoms with van der Waals surface area (Å²) >= 11 is 4.08. The third-order valence-electron chi connectivity index (χ3n) is 3.72. The fraction of sp³-hybridized carbons (Fsp3) is 0.176. The Balaban J connectivity index is 1.38. The molecule has 0 aliphatic carbocycles. The molecule has 13 heteroatoms. The standard InChI is InChI=1S/C17H12F3N5O2S3/c1-9-7-28-15-22-11(6-13(26)25(9)15)8-29-16-24-23-14(30-16)21-10-2-4-12(5-3-10)27-17(18,19)20/h2-7H,8H2,1H3,(H,21,23). The summed E-state index contributed by atoms with van der Waals surface area (Å²) in [4.78, 5) is 17.4. The smallest absolute Gasteiger partial charge is 0.406 e. The third-order valence-corrected chi connectivity index (χ3v) is 6.67. The van der Waals surface area contributed by atoms with Crippen LogP contribution >= 0.6 is 34.4 Å². The molecule has 3 aromatic heterocycles. The van der Waals surface area contributed by atoms with E-state index < -0.39 is 6.36 Å². The predicted molar refractivity (Wildman–Crippen MR) is 110 cm³/mol. The van der Waals surface area contributed by atoms with Crippen molar-refractivity contribution < 1.29 is 17.9 Å². The van der Waals surface area contributed by atoms with Crippen molar-refractivity contribution in [2.75, 3.05) is 5.32 Å². The summed E-state index contributed by atoms with van der Waals surface area (Å²) in [7, 11) is 0. The van der Waals surface area contributed by atoms with Gasteiger partial charge in [0.25, 0.3) is 5.56 Å². The maximum atomic E-state index is 12.2. The number of alkyl halides is 3. The van der Waals surface area contributed by atoms with E-state index in [1.165, 1.54) is 64.8 Å². The van der Waals surface area contributed by atoms with Gasteiger partial charge in [-0.05, 0) is 31.2 Å². The highest BCUT2D eigenvalue weighted by Crippen LogP contribution is 2.30. The average molecular weight is 472 g/mol. The van der Waals surface area contributed by atoms with E-state index in [0.717, 1.165) is 5.69 Å². The number of thioether (sulfide) groups is 1. The lowest BCUT2D eigenvalue weighted by Crippen LogP contribution is -2.16. The molecule has 1 aromatic carbocycles.